The van der Waals surface area contributed by atoms with Crippen LogP contribution in [0.4, 0.5) is 0 Å². The Bertz CT molecular complexity index is 226. The van der Waals surface area contributed by atoms with E-state index in [2.05, 4.69) is 28.1 Å². The van der Waals surface area contributed by atoms with Crippen LogP contribution < -0.4 is 0 Å². The summed E-state index contributed by atoms with van der Waals surface area (Å²) >= 11 is 0. The number of hydrogen-bond acceptors (Lipinski definition) is 1. The fraction of sp³-hybridized carbons (Fsp3) is 0.727. The van der Waals surface area contributed by atoms with Crippen molar-refractivity contribution < 1.29 is 14.4 Å². The molecule has 0 saturated heterocycles. The second-order valence-corrected chi connectivity index (χ2v) is 4.73. The molecule has 0 aromatic carbocycles. The average Bonchev–Trinajstić information content (AvgIpc) is 2.01. The number of carboxylic acid groups (broad SMARTS) is 1. The number of carbonyl (C=O) groups is 1. The summed E-state index contributed by atoms with van der Waals surface area (Å²) in [5.41, 5.74) is 0.443. The number of rotatable bonds is 5. The van der Waals surface area contributed by atoms with Gasteiger partial charge in [-0.3, -0.25) is 0 Å². The summed E-state index contributed by atoms with van der Waals surface area (Å²) in [6.45, 7) is 3.82. The highest BCUT2D eigenvalue weighted by molar-refractivity contribution is 5.85. The Morgan fingerprint density at radius 3 is 2.29 bits per heavy atom. The summed E-state index contributed by atoms with van der Waals surface area (Å²) in [6.07, 6.45) is 3.66. The van der Waals surface area contributed by atoms with Gasteiger partial charge in [0.05, 0.1) is 27.2 Å². The molecule has 3 nitrogen and oxygen atoms in total. The number of aliphatic carboxylic acids is 1. The predicted molar refractivity (Wildman–Crippen MR) is 58.1 cm³/mol. The van der Waals surface area contributed by atoms with Gasteiger partial charge in [0, 0.05) is 12.0 Å². The van der Waals surface area contributed by atoms with E-state index in [0.717, 1.165) is 17.3 Å². The number of quaternary nitrogens is 1. The van der Waals surface area contributed by atoms with E-state index < -0.39 is 5.97 Å². The van der Waals surface area contributed by atoms with Gasteiger partial charge < -0.3 is 9.59 Å². The van der Waals surface area contributed by atoms with Gasteiger partial charge in [-0.1, -0.05) is 6.08 Å². The van der Waals surface area contributed by atoms with Gasteiger partial charge in [-0.15, -0.1) is 0 Å². The van der Waals surface area contributed by atoms with E-state index in [1.54, 1.807) is 13.0 Å². The maximum absolute atomic E-state index is 10.5. The van der Waals surface area contributed by atoms with Crippen molar-refractivity contribution in [1.82, 2.24) is 0 Å². The average molecular weight is 200 g/mol. The van der Waals surface area contributed by atoms with Crippen LogP contribution in [-0.2, 0) is 4.79 Å². The van der Waals surface area contributed by atoms with Crippen LogP contribution in [0, 0.1) is 0 Å². The fourth-order valence-corrected chi connectivity index (χ4v) is 1.02. The molecule has 0 radical (unpaired) electrons. The van der Waals surface area contributed by atoms with Gasteiger partial charge in [-0.25, -0.2) is 4.79 Å². The van der Waals surface area contributed by atoms with Crippen molar-refractivity contribution >= 4 is 5.97 Å². The first kappa shape index (κ1) is 13.2. The Morgan fingerprint density at radius 2 is 1.93 bits per heavy atom. The minimum absolute atomic E-state index is 0.443. The molecule has 0 aliphatic carbocycles. The quantitative estimate of drug-likeness (QED) is 0.543. The first-order valence-corrected chi connectivity index (χ1v) is 4.96. The van der Waals surface area contributed by atoms with Crippen LogP contribution in [0.2, 0.25) is 0 Å². The van der Waals surface area contributed by atoms with E-state index >= 15 is 0 Å². The third-order valence-electron chi connectivity index (χ3n) is 2.69. The molecule has 0 heterocycles. The van der Waals surface area contributed by atoms with Crippen molar-refractivity contribution in [3.63, 3.8) is 0 Å². The molecule has 0 aliphatic rings. The molecule has 0 aromatic rings. The fourth-order valence-electron chi connectivity index (χ4n) is 1.02. The topological polar surface area (TPSA) is 37.3 Å². The zero-order valence-corrected chi connectivity index (χ0v) is 9.87. The van der Waals surface area contributed by atoms with Crippen molar-refractivity contribution in [3.05, 3.63) is 11.6 Å². The summed E-state index contributed by atoms with van der Waals surface area (Å²) in [5, 5.41) is 8.63. The monoisotopic (exact) mass is 200 g/mol. The Labute approximate surface area is 86.6 Å². The molecule has 1 unspecified atom stereocenters. The predicted octanol–water partition coefficient (Wildman–Crippen LogP) is 1.89. The maximum atomic E-state index is 10.5. The van der Waals surface area contributed by atoms with Crippen LogP contribution in [0.3, 0.4) is 0 Å². The molecule has 0 amide bonds. The van der Waals surface area contributed by atoms with Crippen LogP contribution in [0.1, 0.15) is 26.7 Å². The Balaban J connectivity index is 3.97. The Hall–Kier alpha value is -0.830. The summed E-state index contributed by atoms with van der Waals surface area (Å²) in [6, 6.07) is 0.549. The van der Waals surface area contributed by atoms with Crippen molar-refractivity contribution in [2.24, 2.45) is 0 Å². The zero-order chi connectivity index (χ0) is 11.4. The molecule has 14 heavy (non-hydrogen) atoms. The molecule has 0 bridgehead atoms. The SMILES string of the molecule is C/C(=C\CCC(C)[N+](C)(C)C)C(=O)O. The van der Waals surface area contributed by atoms with Crippen molar-refractivity contribution in [3.8, 4) is 0 Å². The van der Waals surface area contributed by atoms with Crippen molar-refractivity contribution in [2.45, 2.75) is 32.7 Å². The lowest BCUT2D eigenvalue weighted by molar-refractivity contribution is -0.894. The molecule has 82 valence electrons. The number of carboxylic acids is 1. The lowest BCUT2D eigenvalue weighted by Crippen LogP contribution is -2.43. The summed E-state index contributed by atoms with van der Waals surface area (Å²) < 4.78 is 0.917. The first-order chi connectivity index (χ1) is 6.25. The third-order valence-corrected chi connectivity index (χ3v) is 2.69. The second-order valence-electron chi connectivity index (χ2n) is 4.73. The molecule has 0 aromatic heterocycles. The Kier molecular flexibility index (Phi) is 4.85. The zero-order valence-electron chi connectivity index (χ0n) is 9.87. The van der Waals surface area contributed by atoms with Crippen LogP contribution in [-0.4, -0.2) is 42.7 Å². The number of hydrogen-bond donors (Lipinski definition) is 1. The van der Waals surface area contributed by atoms with E-state index in [-0.39, 0.29) is 0 Å². The van der Waals surface area contributed by atoms with E-state index in [1.807, 2.05) is 0 Å². The van der Waals surface area contributed by atoms with Crippen LogP contribution in [0.15, 0.2) is 11.6 Å². The van der Waals surface area contributed by atoms with E-state index in [4.69, 9.17) is 5.11 Å². The molecular weight excluding hydrogens is 178 g/mol. The van der Waals surface area contributed by atoms with E-state index in [9.17, 15) is 4.79 Å². The lowest BCUT2D eigenvalue weighted by Gasteiger charge is -2.31. The van der Waals surface area contributed by atoms with Crippen molar-refractivity contribution in [2.75, 3.05) is 21.1 Å². The summed E-state index contributed by atoms with van der Waals surface area (Å²) in [5.74, 6) is -0.817. The highest BCUT2D eigenvalue weighted by Crippen LogP contribution is 2.10. The maximum Gasteiger partial charge on any atom is 0.330 e. The molecular formula is C11H22NO2+. The molecule has 0 spiro atoms. The van der Waals surface area contributed by atoms with Gasteiger partial charge in [0.1, 0.15) is 0 Å². The summed E-state index contributed by atoms with van der Waals surface area (Å²) in [7, 11) is 6.45. The molecule has 1 atom stereocenters. The van der Waals surface area contributed by atoms with Gasteiger partial charge in [-0.2, -0.15) is 0 Å². The molecule has 0 rings (SSSR count). The highest BCUT2D eigenvalue weighted by atomic mass is 16.4. The van der Waals surface area contributed by atoms with Gasteiger partial charge >= 0.3 is 5.97 Å². The minimum atomic E-state index is -0.817. The van der Waals surface area contributed by atoms with Gasteiger partial charge in [0.2, 0.25) is 0 Å². The normalized spacial score (nSPS) is 15.4. The molecule has 3 heteroatoms. The minimum Gasteiger partial charge on any atom is -0.478 e. The van der Waals surface area contributed by atoms with E-state index in [1.165, 1.54) is 0 Å². The molecule has 0 aliphatic heterocycles. The molecule has 0 saturated carbocycles. The number of nitrogens with zero attached hydrogens (tertiary/aromatic N) is 1. The Morgan fingerprint density at radius 1 is 1.43 bits per heavy atom. The van der Waals surface area contributed by atoms with Crippen LogP contribution >= 0.6 is 0 Å². The highest BCUT2D eigenvalue weighted by Gasteiger charge is 2.16. The van der Waals surface area contributed by atoms with Crippen LogP contribution in [0.25, 0.3) is 0 Å². The first-order valence-electron chi connectivity index (χ1n) is 4.96. The van der Waals surface area contributed by atoms with E-state index in [0.29, 0.717) is 11.6 Å². The molecule has 1 N–H and O–H groups in total. The molecule has 0 fully saturated rings. The lowest BCUT2D eigenvalue weighted by atomic mass is 10.1. The smallest absolute Gasteiger partial charge is 0.330 e. The van der Waals surface area contributed by atoms with Gasteiger partial charge in [0.25, 0.3) is 0 Å². The van der Waals surface area contributed by atoms with Crippen molar-refractivity contribution in [1.29, 1.82) is 0 Å². The number of allylic oxidation sites excluding steroid dienone is 1. The van der Waals surface area contributed by atoms with Gasteiger partial charge in [0.15, 0.2) is 0 Å². The van der Waals surface area contributed by atoms with Gasteiger partial charge in [-0.05, 0) is 20.3 Å². The second kappa shape index (κ2) is 5.15. The third kappa shape index (κ3) is 5.02. The standard InChI is InChI=1S/C11H21NO2/c1-9(11(13)14)7-6-8-10(2)12(3,4)5/h7,10H,6,8H2,1-5H3/p+1/b9-7+. The largest absolute Gasteiger partial charge is 0.478 e. The van der Waals surface area contributed by atoms with Crippen LogP contribution in [0.5, 0.6) is 0 Å². The summed E-state index contributed by atoms with van der Waals surface area (Å²) in [4.78, 5) is 10.5.